The standard InChI is InChI=1S/C33H28F2O6/c1-37-31(36)18-24-22-9-5-6-10-27(22)40-33(24)41-30-15-12-23-28(16-13-25(34)32(23)30)39-21-11-14-29(26(35)17-21)38-19-20-7-3-2-4-8-20/h2-11,13-14,16-17,24,30,33H,12,15,18-19H2,1H3/t24?,30-,33-/m1/s1. The Morgan fingerprint density at radius 2 is 1.71 bits per heavy atom. The smallest absolute Gasteiger partial charge is 0.306 e. The molecule has 4 aromatic rings. The number of methoxy groups -OCH3 is 1. The van der Waals surface area contributed by atoms with Crippen molar-refractivity contribution in [3.63, 3.8) is 0 Å². The molecule has 4 aromatic carbocycles. The van der Waals surface area contributed by atoms with Gasteiger partial charge in [0.25, 0.3) is 0 Å². The van der Waals surface area contributed by atoms with E-state index in [1.165, 1.54) is 31.4 Å². The molecular weight excluding hydrogens is 530 g/mol. The van der Waals surface area contributed by atoms with Crippen LogP contribution in [0.2, 0.25) is 0 Å². The predicted octanol–water partition coefficient (Wildman–Crippen LogP) is 7.41. The largest absolute Gasteiger partial charge is 0.486 e. The zero-order valence-corrected chi connectivity index (χ0v) is 22.3. The lowest BCUT2D eigenvalue weighted by atomic mass is 9.96. The van der Waals surface area contributed by atoms with Gasteiger partial charge in [0.15, 0.2) is 11.6 Å². The number of halogens is 2. The molecule has 210 valence electrons. The van der Waals surface area contributed by atoms with Crippen molar-refractivity contribution in [2.75, 3.05) is 7.11 Å². The van der Waals surface area contributed by atoms with E-state index in [-0.39, 0.29) is 30.5 Å². The molecule has 0 spiro atoms. The first-order chi connectivity index (χ1) is 20.0. The number of carbonyl (C=O) groups excluding carboxylic acids is 1. The minimum absolute atomic E-state index is 0.0695. The molecule has 8 heteroatoms. The quantitative estimate of drug-likeness (QED) is 0.200. The molecular formula is C33H28F2O6. The molecule has 1 aliphatic carbocycles. The maximum Gasteiger partial charge on any atom is 0.306 e. The normalized spacial score (nSPS) is 18.8. The van der Waals surface area contributed by atoms with Gasteiger partial charge in [-0.05, 0) is 48.7 Å². The monoisotopic (exact) mass is 558 g/mol. The number of hydrogen-bond donors (Lipinski definition) is 0. The second-order valence-electron chi connectivity index (χ2n) is 9.98. The van der Waals surface area contributed by atoms with Crippen molar-refractivity contribution in [3.05, 3.63) is 119 Å². The van der Waals surface area contributed by atoms with Gasteiger partial charge in [0.2, 0.25) is 6.29 Å². The number of para-hydroxylation sites is 1. The molecule has 0 bridgehead atoms. The number of rotatable bonds is 9. The highest BCUT2D eigenvalue weighted by atomic mass is 19.1. The maximum atomic E-state index is 15.2. The van der Waals surface area contributed by atoms with Gasteiger partial charge in [0, 0.05) is 22.8 Å². The highest BCUT2D eigenvalue weighted by molar-refractivity contribution is 5.71. The van der Waals surface area contributed by atoms with E-state index in [9.17, 15) is 9.18 Å². The summed E-state index contributed by atoms with van der Waals surface area (Å²) in [6, 6.07) is 24.1. The van der Waals surface area contributed by atoms with Gasteiger partial charge in [0.1, 0.15) is 29.7 Å². The van der Waals surface area contributed by atoms with Crippen molar-refractivity contribution < 1.29 is 37.3 Å². The van der Waals surface area contributed by atoms with Gasteiger partial charge in [-0.25, -0.2) is 8.78 Å². The van der Waals surface area contributed by atoms with Crippen LogP contribution in [0.15, 0.2) is 84.9 Å². The van der Waals surface area contributed by atoms with Crippen molar-refractivity contribution in [2.24, 2.45) is 0 Å². The number of hydrogen-bond acceptors (Lipinski definition) is 6. The summed E-state index contributed by atoms with van der Waals surface area (Å²) in [6.45, 7) is 0.237. The van der Waals surface area contributed by atoms with Gasteiger partial charge < -0.3 is 23.7 Å². The Labute approximate surface area is 236 Å². The molecule has 0 saturated heterocycles. The molecule has 0 fully saturated rings. The molecule has 0 saturated carbocycles. The lowest BCUT2D eigenvalue weighted by Gasteiger charge is -2.23. The van der Waals surface area contributed by atoms with Gasteiger partial charge in [-0.15, -0.1) is 0 Å². The second kappa shape index (κ2) is 11.6. The number of ether oxygens (including phenoxy) is 5. The van der Waals surface area contributed by atoms with Gasteiger partial charge in [-0.1, -0.05) is 48.5 Å². The van der Waals surface area contributed by atoms with E-state index in [0.29, 0.717) is 35.5 Å². The Balaban J connectivity index is 1.18. The maximum absolute atomic E-state index is 15.2. The molecule has 1 heterocycles. The third-order valence-electron chi connectivity index (χ3n) is 7.41. The summed E-state index contributed by atoms with van der Waals surface area (Å²) in [4.78, 5) is 12.1. The first-order valence-corrected chi connectivity index (χ1v) is 13.4. The zero-order chi connectivity index (χ0) is 28.3. The summed E-state index contributed by atoms with van der Waals surface area (Å²) in [5, 5.41) is 0. The molecule has 0 radical (unpaired) electrons. The Kier molecular flexibility index (Phi) is 7.57. The van der Waals surface area contributed by atoms with Gasteiger partial charge in [0.05, 0.1) is 25.6 Å². The van der Waals surface area contributed by atoms with E-state index >= 15 is 4.39 Å². The van der Waals surface area contributed by atoms with Crippen LogP contribution in [-0.2, 0) is 27.3 Å². The summed E-state index contributed by atoms with van der Waals surface area (Å²) in [7, 11) is 1.33. The number of benzene rings is 4. The molecule has 1 aliphatic heterocycles. The molecule has 1 unspecified atom stereocenters. The van der Waals surface area contributed by atoms with Gasteiger partial charge >= 0.3 is 5.97 Å². The Morgan fingerprint density at radius 3 is 2.51 bits per heavy atom. The lowest BCUT2D eigenvalue weighted by molar-refractivity contribution is -0.148. The highest BCUT2D eigenvalue weighted by Gasteiger charge is 2.41. The summed E-state index contributed by atoms with van der Waals surface area (Å²) < 4.78 is 58.9. The number of fused-ring (bicyclic) bond motifs is 2. The molecule has 6 rings (SSSR count). The molecule has 0 aromatic heterocycles. The van der Waals surface area contributed by atoms with Crippen molar-refractivity contribution >= 4 is 5.97 Å². The first-order valence-electron chi connectivity index (χ1n) is 13.4. The van der Waals surface area contributed by atoms with Crippen LogP contribution in [0.25, 0.3) is 0 Å². The summed E-state index contributed by atoms with van der Waals surface area (Å²) in [6.07, 6.45) is -0.341. The van der Waals surface area contributed by atoms with Crippen molar-refractivity contribution in [3.8, 4) is 23.0 Å². The van der Waals surface area contributed by atoms with Gasteiger partial charge in [-0.3, -0.25) is 4.79 Å². The SMILES string of the molecule is COC(=O)CC1c2ccccc2O[C@@H]1O[C@@H]1CCc2c(Oc3ccc(OCc4ccccc4)c(F)c3)ccc(F)c21. The van der Waals surface area contributed by atoms with E-state index in [4.69, 9.17) is 23.7 Å². The van der Waals surface area contributed by atoms with Gasteiger partial charge in [-0.2, -0.15) is 0 Å². The van der Waals surface area contributed by atoms with Crippen LogP contribution in [-0.4, -0.2) is 19.4 Å². The van der Waals surface area contributed by atoms with Crippen LogP contribution < -0.4 is 14.2 Å². The van der Waals surface area contributed by atoms with E-state index in [1.807, 2.05) is 54.6 Å². The molecule has 0 amide bonds. The van der Waals surface area contributed by atoms with Crippen LogP contribution in [0, 0.1) is 11.6 Å². The molecule has 6 nitrogen and oxygen atoms in total. The fourth-order valence-corrected chi connectivity index (χ4v) is 5.40. The summed E-state index contributed by atoms with van der Waals surface area (Å²) >= 11 is 0. The highest BCUT2D eigenvalue weighted by Crippen LogP contribution is 2.47. The van der Waals surface area contributed by atoms with Crippen LogP contribution >= 0.6 is 0 Å². The topological polar surface area (TPSA) is 63.2 Å². The van der Waals surface area contributed by atoms with Crippen LogP contribution in [0.4, 0.5) is 8.78 Å². The fourth-order valence-electron chi connectivity index (χ4n) is 5.40. The molecule has 41 heavy (non-hydrogen) atoms. The Hall–Kier alpha value is -4.43. The van der Waals surface area contributed by atoms with Crippen LogP contribution in [0.5, 0.6) is 23.0 Å². The minimum Gasteiger partial charge on any atom is -0.486 e. The third kappa shape index (κ3) is 5.60. The molecule has 3 atom stereocenters. The van der Waals surface area contributed by atoms with E-state index in [2.05, 4.69) is 0 Å². The van der Waals surface area contributed by atoms with E-state index < -0.39 is 29.9 Å². The van der Waals surface area contributed by atoms with Crippen molar-refractivity contribution in [2.45, 2.75) is 44.2 Å². The minimum atomic E-state index is -0.788. The number of carbonyl (C=O) groups is 1. The fraction of sp³-hybridized carbons (Fsp3) is 0.242. The number of esters is 1. The molecule has 2 aliphatic rings. The second-order valence-corrected chi connectivity index (χ2v) is 9.98. The van der Waals surface area contributed by atoms with E-state index in [1.54, 1.807) is 6.07 Å². The predicted molar refractivity (Wildman–Crippen MR) is 146 cm³/mol. The Bertz CT molecular complexity index is 1560. The molecule has 0 N–H and O–H groups in total. The van der Waals surface area contributed by atoms with Crippen LogP contribution in [0.1, 0.15) is 47.1 Å². The average Bonchev–Trinajstić information content (AvgIpc) is 3.57. The Morgan fingerprint density at radius 1 is 0.927 bits per heavy atom. The lowest BCUT2D eigenvalue weighted by Crippen LogP contribution is -2.26. The summed E-state index contributed by atoms with van der Waals surface area (Å²) in [5.41, 5.74) is 2.80. The third-order valence-corrected chi connectivity index (χ3v) is 7.41. The summed E-state index contributed by atoms with van der Waals surface area (Å²) in [5.74, 6) is -0.346. The van der Waals surface area contributed by atoms with E-state index in [0.717, 1.165) is 11.1 Å². The van der Waals surface area contributed by atoms with Crippen molar-refractivity contribution in [1.29, 1.82) is 0 Å². The van der Waals surface area contributed by atoms with Crippen molar-refractivity contribution in [1.82, 2.24) is 0 Å². The zero-order valence-electron chi connectivity index (χ0n) is 22.3. The van der Waals surface area contributed by atoms with Crippen LogP contribution in [0.3, 0.4) is 0 Å². The average molecular weight is 559 g/mol. The first kappa shape index (κ1) is 26.8.